The van der Waals surface area contributed by atoms with Crippen molar-refractivity contribution in [2.24, 2.45) is 0 Å². The number of hydrogen-bond donors (Lipinski definition) is 0. The summed E-state index contributed by atoms with van der Waals surface area (Å²) < 4.78 is 2.39. The molecule has 0 radical (unpaired) electrons. The first-order chi connectivity index (χ1) is 9.16. The van der Waals surface area contributed by atoms with Crippen molar-refractivity contribution >= 4 is 37.5 Å². The van der Waals surface area contributed by atoms with E-state index in [1.807, 2.05) is 0 Å². The van der Waals surface area contributed by atoms with Crippen LogP contribution in [0.5, 0.6) is 0 Å². The summed E-state index contributed by atoms with van der Waals surface area (Å²) in [5.41, 5.74) is 1.32. The van der Waals surface area contributed by atoms with Gasteiger partial charge in [-0.2, -0.15) is 0 Å². The molecule has 0 saturated carbocycles. The number of piperazine rings is 1. The summed E-state index contributed by atoms with van der Waals surface area (Å²) in [5.74, 6) is 0. The summed E-state index contributed by atoms with van der Waals surface area (Å²) in [6.45, 7) is 5.98. The minimum absolute atomic E-state index is 0.573. The zero-order valence-corrected chi connectivity index (χ0v) is 14.5. The Bertz CT molecular complexity index is 443. The van der Waals surface area contributed by atoms with Gasteiger partial charge in [-0.25, -0.2) is 0 Å². The number of para-hydroxylation sites is 1. The van der Waals surface area contributed by atoms with E-state index in [1.165, 1.54) is 47.0 Å². The molecule has 4 heteroatoms. The Balaban J connectivity index is 1.88. The number of benzene rings is 1. The monoisotopic (exact) mass is 386 g/mol. The van der Waals surface area contributed by atoms with Crippen LogP contribution in [-0.4, -0.2) is 36.6 Å². The Morgan fingerprint density at radius 3 is 2.58 bits per heavy atom. The van der Waals surface area contributed by atoms with E-state index in [2.05, 4.69) is 66.8 Å². The van der Waals surface area contributed by atoms with Crippen molar-refractivity contribution in [2.45, 2.75) is 38.3 Å². The number of hydrogen-bond acceptors (Lipinski definition) is 2. The van der Waals surface area contributed by atoms with Crippen LogP contribution in [0.2, 0.25) is 0 Å². The van der Waals surface area contributed by atoms with Crippen LogP contribution >= 0.6 is 31.9 Å². The molecule has 2 unspecified atom stereocenters. The molecule has 1 aromatic carbocycles. The van der Waals surface area contributed by atoms with Gasteiger partial charge in [0, 0.05) is 34.1 Å². The minimum atomic E-state index is 0.573. The Kier molecular flexibility index (Phi) is 4.20. The van der Waals surface area contributed by atoms with Crippen molar-refractivity contribution in [1.29, 1.82) is 0 Å². The molecular weight excluding hydrogens is 368 g/mol. The lowest BCUT2D eigenvalue weighted by atomic mass is 9.96. The maximum Gasteiger partial charge on any atom is 0.0658 e. The van der Waals surface area contributed by atoms with Gasteiger partial charge in [-0.05, 0) is 70.3 Å². The third kappa shape index (κ3) is 2.72. The smallest absolute Gasteiger partial charge is 0.0658 e. The highest BCUT2D eigenvalue weighted by Gasteiger charge is 2.34. The van der Waals surface area contributed by atoms with Crippen molar-refractivity contribution in [3.63, 3.8) is 0 Å². The molecule has 2 nitrogen and oxygen atoms in total. The van der Waals surface area contributed by atoms with Crippen LogP contribution in [-0.2, 0) is 0 Å². The molecule has 2 aliphatic rings. The van der Waals surface area contributed by atoms with E-state index >= 15 is 0 Å². The van der Waals surface area contributed by atoms with Crippen LogP contribution in [0.4, 0.5) is 5.69 Å². The minimum Gasteiger partial charge on any atom is -0.364 e. The second kappa shape index (κ2) is 5.74. The van der Waals surface area contributed by atoms with Crippen LogP contribution in [0.3, 0.4) is 0 Å². The Morgan fingerprint density at radius 2 is 1.84 bits per heavy atom. The summed E-state index contributed by atoms with van der Waals surface area (Å²) in [5, 5.41) is 0. The standard InChI is InChI=1S/C15H20Br2N2/c1-11-9-18-8-3-2-5-12(18)10-19(11)15-13(16)6-4-7-14(15)17/h4,6-7,11-12H,2-3,5,8-10H2,1H3. The molecular formula is C15H20Br2N2. The number of anilines is 1. The van der Waals surface area contributed by atoms with E-state index in [0.29, 0.717) is 6.04 Å². The predicted molar refractivity (Wildman–Crippen MR) is 87.9 cm³/mol. The van der Waals surface area contributed by atoms with Gasteiger partial charge in [0.25, 0.3) is 0 Å². The summed E-state index contributed by atoms with van der Waals surface area (Å²) >= 11 is 7.43. The first kappa shape index (κ1) is 13.9. The lowest BCUT2D eigenvalue weighted by molar-refractivity contribution is 0.115. The maximum absolute atomic E-state index is 3.71. The van der Waals surface area contributed by atoms with E-state index < -0.39 is 0 Å². The Morgan fingerprint density at radius 1 is 1.11 bits per heavy atom. The molecule has 2 atom stereocenters. The fourth-order valence-corrected chi connectivity index (χ4v) is 4.88. The molecule has 3 rings (SSSR count). The molecule has 0 aliphatic carbocycles. The molecule has 0 spiro atoms. The Hall–Kier alpha value is -0.0600. The van der Waals surface area contributed by atoms with Crippen LogP contribution in [0.1, 0.15) is 26.2 Å². The fraction of sp³-hybridized carbons (Fsp3) is 0.600. The predicted octanol–water partition coefficient (Wildman–Crippen LogP) is 4.27. The van der Waals surface area contributed by atoms with Gasteiger partial charge in [-0.1, -0.05) is 12.5 Å². The van der Waals surface area contributed by atoms with Gasteiger partial charge in [-0.3, -0.25) is 4.90 Å². The summed E-state index contributed by atoms with van der Waals surface area (Å²) in [7, 11) is 0. The van der Waals surface area contributed by atoms with E-state index in [4.69, 9.17) is 0 Å². The molecule has 104 valence electrons. The zero-order valence-electron chi connectivity index (χ0n) is 11.3. The number of rotatable bonds is 1. The van der Waals surface area contributed by atoms with Crippen molar-refractivity contribution in [3.05, 3.63) is 27.1 Å². The van der Waals surface area contributed by atoms with Crippen LogP contribution in [0.25, 0.3) is 0 Å². The fourth-order valence-electron chi connectivity index (χ4n) is 3.43. The molecule has 2 fully saturated rings. The second-order valence-electron chi connectivity index (χ2n) is 5.72. The summed E-state index contributed by atoms with van der Waals surface area (Å²) in [4.78, 5) is 5.26. The zero-order chi connectivity index (χ0) is 13.4. The third-order valence-corrected chi connectivity index (χ3v) is 5.69. The molecule has 1 aromatic rings. The van der Waals surface area contributed by atoms with Crippen molar-refractivity contribution < 1.29 is 0 Å². The molecule has 19 heavy (non-hydrogen) atoms. The van der Waals surface area contributed by atoms with E-state index in [9.17, 15) is 0 Å². The second-order valence-corrected chi connectivity index (χ2v) is 7.42. The summed E-state index contributed by atoms with van der Waals surface area (Å²) in [6.07, 6.45) is 4.12. The summed E-state index contributed by atoms with van der Waals surface area (Å²) in [6, 6.07) is 7.67. The first-order valence-electron chi connectivity index (χ1n) is 7.11. The Labute approximate surface area is 132 Å². The largest absolute Gasteiger partial charge is 0.364 e. The highest BCUT2D eigenvalue weighted by atomic mass is 79.9. The van der Waals surface area contributed by atoms with Gasteiger partial charge in [0.1, 0.15) is 0 Å². The van der Waals surface area contributed by atoms with Crippen molar-refractivity contribution in [2.75, 3.05) is 24.5 Å². The van der Waals surface area contributed by atoms with Crippen LogP contribution < -0.4 is 4.90 Å². The normalized spacial score (nSPS) is 28.3. The molecule has 0 aromatic heterocycles. The SMILES string of the molecule is CC1CN2CCCCC2CN1c1c(Br)cccc1Br. The highest BCUT2D eigenvalue weighted by Crippen LogP contribution is 2.37. The quantitative estimate of drug-likeness (QED) is 0.709. The number of nitrogens with zero attached hydrogens (tertiary/aromatic N) is 2. The molecule has 2 saturated heterocycles. The van der Waals surface area contributed by atoms with Crippen LogP contribution in [0, 0.1) is 0 Å². The van der Waals surface area contributed by atoms with Gasteiger partial charge >= 0.3 is 0 Å². The lowest BCUT2D eigenvalue weighted by Gasteiger charge is -2.48. The average molecular weight is 388 g/mol. The van der Waals surface area contributed by atoms with E-state index in [1.54, 1.807) is 0 Å². The van der Waals surface area contributed by atoms with Gasteiger partial charge in [0.05, 0.1) is 5.69 Å². The third-order valence-electron chi connectivity index (χ3n) is 4.41. The molecule has 2 heterocycles. The molecule has 0 bridgehead atoms. The van der Waals surface area contributed by atoms with Gasteiger partial charge in [0.2, 0.25) is 0 Å². The molecule has 0 N–H and O–H groups in total. The van der Waals surface area contributed by atoms with Crippen molar-refractivity contribution in [1.82, 2.24) is 4.90 Å². The topological polar surface area (TPSA) is 6.48 Å². The number of fused-ring (bicyclic) bond motifs is 1. The van der Waals surface area contributed by atoms with Gasteiger partial charge in [-0.15, -0.1) is 0 Å². The number of halogens is 2. The average Bonchev–Trinajstić information content (AvgIpc) is 2.39. The van der Waals surface area contributed by atoms with Gasteiger partial charge < -0.3 is 4.90 Å². The van der Waals surface area contributed by atoms with Crippen LogP contribution in [0.15, 0.2) is 27.1 Å². The molecule has 2 aliphatic heterocycles. The lowest BCUT2D eigenvalue weighted by Crippen LogP contribution is -2.59. The van der Waals surface area contributed by atoms with E-state index in [0.717, 1.165) is 12.6 Å². The number of piperidine rings is 1. The highest BCUT2D eigenvalue weighted by molar-refractivity contribution is 9.11. The molecule has 0 amide bonds. The van der Waals surface area contributed by atoms with E-state index in [-0.39, 0.29) is 0 Å². The first-order valence-corrected chi connectivity index (χ1v) is 8.70. The van der Waals surface area contributed by atoms with Gasteiger partial charge in [0.15, 0.2) is 0 Å². The maximum atomic E-state index is 3.71. The van der Waals surface area contributed by atoms with Crippen molar-refractivity contribution in [3.8, 4) is 0 Å².